The zero-order valence-corrected chi connectivity index (χ0v) is 9.85. The molecule has 17 heavy (non-hydrogen) atoms. The zero-order valence-electron chi connectivity index (χ0n) is 9.03. The highest BCUT2D eigenvalue weighted by Crippen LogP contribution is 2.25. The summed E-state index contributed by atoms with van der Waals surface area (Å²) in [5.41, 5.74) is 0.815. The van der Waals surface area contributed by atoms with Gasteiger partial charge in [-0.2, -0.15) is 0 Å². The van der Waals surface area contributed by atoms with E-state index in [-0.39, 0.29) is 5.22 Å². The van der Waals surface area contributed by atoms with Crippen molar-refractivity contribution in [1.29, 1.82) is 0 Å². The molecule has 1 heterocycles. The summed E-state index contributed by atoms with van der Waals surface area (Å²) in [7, 11) is 0. The average Bonchev–Trinajstić information content (AvgIpc) is 2.78. The van der Waals surface area contributed by atoms with Gasteiger partial charge >= 0.3 is 5.97 Å². The van der Waals surface area contributed by atoms with Crippen LogP contribution in [0.25, 0.3) is 11.5 Å². The van der Waals surface area contributed by atoms with Gasteiger partial charge in [-0.15, -0.1) is 10.2 Å². The van der Waals surface area contributed by atoms with Crippen LogP contribution in [0.1, 0.15) is 6.92 Å². The second-order valence-electron chi connectivity index (χ2n) is 3.34. The molecule has 0 radical (unpaired) electrons. The Morgan fingerprint density at radius 3 is 2.71 bits per heavy atom. The number of aromatic nitrogens is 2. The van der Waals surface area contributed by atoms with Crippen LogP contribution in [0.2, 0.25) is 0 Å². The zero-order chi connectivity index (χ0) is 12.3. The van der Waals surface area contributed by atoms with E-state index >= 15 is 0 Å². The van der Waals surface area contributed by atoms with E-state index in [4.69, 9.17) is 9.52 Å². The van der Waals surface area contributed by atoms with Crippen molar-refractivity contribution in [3.63, 3.8) is 0 Å². The van der Waals surface area contributed by atoms with E-state index in [1.54, 1.807) is 6.92 Å². The van der Waals surface area contributed by atoms with E-state index in [1.165, 1.54) is 0 Å². The van der Waals surface area contributed by atoms with Crippen LogP contribution in [0.15, 0.2) is 40.0 Å². The van der Waals surface area contributed by atoms with E-state index in [1.807, 2.05) is 30.3 Å². The first-order chi connectivity index (χ1) is 8.16. The molecule has 0 spiro atoms. The molecule has 1 aromatic carbocycles. The quantitative estimate of drug-likeness (QED) is 0.839. The van der Waals surface area contributed by atoms with Gasteiger partial charge in [0.1, 0.15) is 5.25 Å². The SMILES string of the molecule is C[C@H](Sc1nnc(-c2ccccc2)o1)C(=O)O. The molecule has 0 saturated carbocycles. The van der Waals surface area contributed by atoms with Gasteiger partial charge in [0.2, 0.25) is 5.89 Å². The van der Waals surface area contributed by atoms with Crippen molar-refractivity contribution in [1.82, 2.24) is 10.2 Å². The van der Waals surface area contributed by atoms with Crippen LogP contribution >= 0.6 is 11.8 Å². The molecule has 0 amide bonds. The number of carbonyl (C=O) groups is 1. The summed E-state index contributed by atoms with van der Waals surface area (Å²) in [6.07, 6.45) is 0. The first kappa shape index (κ1) is 11.7. The molecule has 0 fully saturated rings. The summed E-state index contributed by atoms with van der Waals surface area (Å²) in [6, 6.07) is 9.33. The lowest BCUT2D eigenvalue weighted by atomic mass is 10.2. The Morgan fingerprint density at radius 2 is 2.06 bits per heavy atom. The molecule has 1 aromatic heterocycles. The van der Waals surface area contributed by atoms with Gasteiger partial charge in [-0.3, -0.25) is 4.79 Å². The third kappa shape index (κ3) is 2.85. The maximum absolute atomic E-state index is 10.7. The summed E-state index contributed by atoms with van der Waals surface area (Å²) in [5.74, 6) is -0.514. The third-order valence-electron chi connectivity index (χ3n) is 2.05. The molecule has 6 heteroatoms. The predicted octanol–water partition coefficient (Wildman–Crippen LogP) is 2.30. The summed E-state index contributed by atoms with van der Waals surface area (Å²) < 4.78 is 5.37. The van der Waals surface area contributed by atoms with E-state index in [9.17, 15) is 4.79 Å². The number of carboxylic acid groups (broad SMARTS) is 1. The average molecular weight is 250 g/mol. The Bertz CT molecular complexity index is 512. The number of hydrogen-bond acceptors (Lipinski definition) is 5. The van der Waals surface area contributed by atoms with Gasteiger partial charge in [0.15, 0.2) is 0 Å². The second kappa shape index (κ2) is 5.01. The highest BCUT2D eigenvalue weighted by molar-refractivity contribution is 8.00. The van der Waals surface area contributed by atoms with Gasteiger partial charge in [0, 0.05) is 5.56 Å². The molecular weight excluding hydrogens is 240 g/mol. The van der Waals surface area contributed by atoms with Crippen LogP contribution < -0.4 is 0 Å². The normalized spacial score (nSPS) is 12.3. The molecule has 0 aliphatic rings. The van der Waals surface area contributed by atoms with Gasteiger partial charge in [0.25, 0.3) is 5.22 Å². The lowest BCUT2D eigenvalue weighted by molar-refractivity contribution is -0.136. The highest BCUT2D eigenvalue weighted by Gasteiger charge is 2.17. The van der Waals surface area contributed by atoms with Crippen molar-refractivity contribution in [2.24, 2.45) is 0 Å². The van der Waals surface area contributed by atoms with Gasteiger partial charge in [0.05, 0.1) is 0 Å². The fourth-order valence-electron chi connectivity index (χ4n) is 1.16. The molecule has 5 nitrogen and oxygen atoms in total. The van der Waals surface area contributed by atoms with Gasteiger partial charge < -0.3 is 9.52 Å². The predicted molar refractivity (Wildman–Crippen MR) is 62.7 cm³/mol. The topological polar surface area (TPSA) is 76.2 Å². The van der Waals surface area contributed by atoms with Crippen molar-refractivity contribution in [3.05, 3.63) is 30.3 Å². The molecule has 1 N–H and O–H groups in total. The van der Waals surface area contributed by atoms with Gasteiger partial charge in [-0.05, 0) is 19.1 Å². The van der Waals surface area contributed by atoms with Crippen LogP contribution in [0.5, 0.6) is 0 Å². The second-order valence-corrected chi connectivity index (χ2v) is 4.63. The lowest BCUT2D eigenvalue weighted by Crippen LogP contribution is -2.10. The number of rotatable bonds is 4. The summed E-state index contributed by atoms with van der Waals surface area (Å²) in [6.45, 7) is 1.57. The van der Waals surface area contributed by atoms with Crippen molar-refractivity contribution in [3.8, 4) is 11.5 Å². The van der Waals surface area contributed by atoms with Crippen molar-refractivity contribution < 1.29 is 14.3 Å². The molecule has 0 saturated heterocycles. The highest BCUT2D eigenvalue weighted by atomic mass is 32.2. The largest absolute Gasteiger partial charge is 0.480 e. The number of carboxylic acids is 1. The molecule has 88 valence electrons. The standard InChI is InChI=1S/C11H10N2O3S/c1-7(10(14)15)17-11-13-12-9(16-11)8-5-3-2-4-6-8/h2-7H,1H3,(H,14,15)/t7-/m0/s1. The molecule has 0 bridgehead atoms. The molecular formula is C11H10N2O3S. The Hall–Kier alpha value is -1.82. The summed E-state index contributed by atoms with van der Waals surface area (Å²) in [5, 5.41) is 16.1. The van der Waals surface area contributed by atoms with Crippen LogP contribution in [0.3, 0.4) is 0 Å². The molecule has 2 rings (SSSR count). The number of hydrogen-bond donors (Lipinski definition) is 1. The Balaban J connectivity index is 2.14. The summed E-state index contributed by atoms with van der Waals surface area (Å²) in [4.78, 5) is 10.7. The molecule has 0 aliphatic heterocycles. The molecule has 0 aliphatic carbocycles. The third-order valence-corrected chi connectivity index (χ3v) is 2.97. The Kier molecular flexibility index (Phi) is 3.43. The Morgan fingerprint density at radius 1 is 1.35 bits per heavy atom. The number of aliphatic carboxylic acids is 1. The van der Waals surface area contributed by atoms with E-state index < -0.39 is 11.2 Å². The van der Waals surface area contributed by atoms with Crippen molar-refractivity contribution in [2.45, 2.75) is 17.4 Å². The van der Waals surface area contributed by atoms with Crippen LogP contribution in [-0.4, -0.2) is 26.5 Å². The van der Waals surface area contributed by atoms with E-state index in [2.05, 4.69) is 10.2 Å². The number of nitrogens with zero attached hydrogens (tertiary/aromatic N) is 2. The van der Waals surface area contributed by atoms with Crippen molar-refractivity contribution >= 4 is 17.7 Å². The Labute approximate surface area is 102 Å². The van der Waals surface area contributed by atoms with Gasteiger partial charge in [-0.1, -0.05) is 30.0 Å². The van der Waals surface area contributed by atoms with Crippen LogP contribution in [-0.2, 0) is 4.79 Å². The van der Waals surface area contributed by atoms with E-state index in [0.29, 0.717) is 5.89 Å². The fraction of sp³-hybridized carbons (Fsp3) is 0.182. The number of thioether (sulfide) groups is 1. The maximum atomic E-state index is 10.7. The first-order valence-corrected chi connectivity index (χ1v) is 5.83. The lowest BCUT2D eigenvalue weighted by Gasteiger charge is -1.99. The fourth-order valence-corrected chi connectivity index (χ4v) is 1.77. The monoisotopic (exact) mass is 250 g/mol. The van der Waals surface area contributed by atoms with Crippen molar-refractivity contribution in [2.75, 3.05) is 0 Å². The molecule has 1 atom stereocenters. The smallest absolute Gasteiger partial charge is 0.316 e. The number of benzene rings is 1. The maximum Gasteiger partial charge on any atom is 0.316 e. The molecule has 0 unspecified atom stereocenters. The van der Waals surface area contributed by atoms with Crippen LogP contribution in [0, 0.1) is 0 Å². The minimum atomic E-state index is -0.908. The first-order valence-electron chi connectivity index (χ1n) is 4.95. The van der Waals surface area contributed by atoms with Gasteiger partial charge in [-0.25, -0.2) is 0 Å². The summed E-state index contributed by atoms with van der Waals surface area (Å²) >= 11 is 1.03. The minimum Gasteiger partial charge on any atom is -0.480 e. The minimum absolute atomic E-state index is 0.263. The molecule has 2 aromatic rings. The van der Waals surface area contributed by atoms with Crippen LogP contribution in [0.4, 0.5) is 0 Å². The van der Waals surface area contributed by atoms with E-state index in [0.717, 1.165) is 17.3 Å².